The summed E-state index contributed by atoms with van der Waals surface area (Å²) in [5.74, 6) is -0.0292. The predicted octanol–water partition coefficient (Wildman–Crippen LogP) is 2.51. The van der Waals surface area contributed by atoms with Gasteiger partial charge in [0.15, 0.2) is 0 Å². The number of carbonyl (C=O) groups excluding carboxylic acids is 1. The fourth-order valence-corrected chi connectivity index (χ4v) is 3.49. The molecule has 1 atom stereocenters. The molecule has 1 saturated heterocycles. The molecule has 0 saturated carbocycles. The van der Waals surface area contributed by atoms with Gasteiger partial charge >= 0.3 is 0 Å². The summed E-state index contributed by atoms with van der Waals surface area (Å²) in [6.45, 7) is 3.99. The standard InChI is InChI=1S/C16H20N4OS/c1-12(21)18-10-13-4-2-5-14(19-13)15-6-3-8-20(15)11-16-17-7-9-22-16/h2,4-5,7,9,15H,3,6,8,10-11H2,1H3,(H,18,21)/t15-/m0/s1. The van der Waals surface area contributed by atoms with Crippen molar-refractivity contribution in [3.05, 3.63) is 46.2 Å². The Labute approximate surface area is 134 Å². The summed E-state index contributed by atoms with van der Waals surface area (Å²) in [7, 11) is 0. The fraction of sp³-hybridized carbons (Fsp3) is 0.438. The number of hydrogen-bond donors (Lipinski definition) is 1. The van der Waals surface area contributed by atoms with E-state index in [4.69, 9.17) is 4.98 Å². The zero-order valence-electron chi connectivity index (χ0n) is 12.7. The molecule has 0 aliphatic carbocycles. The minimum absolute atomic E-state index is 0.0292. The summed E-state index contributed by atoms with van der Waals surface area (Å²) in [5, 5.41) is 5.98. The molecule has 0 bridgehead atoms. The summed E-state index contributed by atoms with van der Waals surface area (Å²) in [6, 6.07) is 6.42. The first kappa shape index (κ1) is 15.1. The second-order valence-corrected chi connectivity index (χ2v) is 6.50. The summed E-state index contributed by atoms with van der Waals surface area (Å²) >= 11 is 1.70. The molecule has 2 aromatic rings. The van der Waals surface area contributed by atoms with Crippen molar-refractivity contribution in [1.29, 1.82) is 0 Å². The van der Waals surface area contributed by atoms with Crippen LogP contribution in [0, 0.1) is 0 Å². The smallest absolute Gasteiger partial charge is 0.217 e. The Hall–Kier alpha value is -1.79. The molecule has 22 heavy (non-hydrogen) atoms. The van der Waals surface area contributed by atoms with Crippen LogP contribution in [-0.4, -0.2) is 27.3 Å². The molecular weight excluding hydrogens is 296 g/mol. The molecular formula is C16H20N4OS. The van der Waals surface area contributed by atoms with Gasteiger partial charge in [0, 0.05) is 18.5 Å². The number of amides is 1. The second kappa shape index (κ2) is 6.98. The Morgan fingerprint density at radius 1 is 1.50 bits per heavy atom. The number of nitrogens with zero attached hydrogens (tertiary/aromatic N) is 3. The molecule has 1 amide bonds. The number of rotatable bonds is 5. The molecule has 3 rings (SSSR count). The molecule has 1 N–H and O–H groups in total. The van der Waals surface area contributed by atoms with E-state index in [1.165, 1.54) is 13.3 Å². The Balaban J connectivity index is 1.71. The van der Waals surface area contributed by atoms with Crippen LogP contribution in [0.1, 0.15) is 42.2 Å². The van der Waals surface area contributed by atoms with E-state index >= 15 is 0 Å². The normalized spacial score (nSPS) is 18.5. The SMILES string of the molecule is CC(=O)NCc1cccc([C@@H]2CCCN2Cc2nccs2)n1. The van der Waals surface area contributed by atoms with Crippen LogP contribution in [0.4, 0.5) is 0 Å². The van der Waals surface area contributed by atoms with Gasteiger partial charge in [-0.25, -0.2) is 4.98 Å². The summed E-state index contributed by atoms with van der Waals surface area (Å²) in [5.41, 5.74) is 2.01. The van der Waals surface area contributed by atoms with E-state index in [0.717, 1.165) is 35.9 Å². The van der Waals surface area contributed by atoms with Crippen molar-refractivity contribution in [2.75, 3.05) is 6.54 Å². The van der Waals surface area contributed by atoms with Gasteiger partial charge in [0.05, 0.1) is 30.5 Å². The van der Waals surface area contributed by atoms with Gasteiger partial charge in [-0.1, -0.05) is 6.07 Å². The largest absolute Gasteiger partial charge is 0.351 e. The number of carbonyl (C=O) groups is 1. The van der Waals surface area contributed by atoms with Gasteiger partial charge in [-0.2, -0.15) is 0 Å². The van der Waals surface area contributed by atoms with Crippen LogP contribution in [0.25, 0.3) is 0 Å². The first-order valence-corrected chi connectivity index (χ1v) is 8.43. The maximum Gasteiger partial charge on any atom is 0.217 e. The lowest BCUT2D eigenvalue weighted by Crippen LogP contribution is -2.24. The molecule has 1 fully saturated rings. The van der Waals surface area contributed by atoms with Crippen molar-refractivity contribution in [2.24, 2.45) is 0 Å². The van der Waals surface area contributed by atoms with Crippen LogP contribution < -0.4 is 5.32 Å². The number of likely N-dealkylation sites (tertiary alicyclic amines) is 1. The number of nitrogens with one attached hydrogen (secondary N) is 1. The lowest BCUT2D eigenvalue weighted by atomic mass is 10.1. The molecule has 1 aliphatic rings. The van der Waals surface area contributed by atoms with E-state index < -0.39 is 0 Å². The van der Waals surface area contributed by atoms with Crippen molar-refractivity contribution >= 4 is 17.2 Å². The highest BCUT2D eigenvalue weighted by Gasteiger charge is 2.27. The van der Waals surface area contributed by atoms with Crippen molar-refractivity contribution < 1.29 is 4.79 Å². The lowest BCUT2D eigenvalue weighted by molar-refractivity contribution is -0.119. The molecule has 6 heteroatoms. The number of aromatic nitrogens is 2. The van der Waals surface area contributed by atoms with E-state index in [2.05, 4.69) is 21.3 Å². The first-order valence-electron chi connectivity index (χ1n) is 7.55. The average molecular weight is 316 g/mol. The van der Waals surface area contributed by atoms with Gasteiger partial charge in [0.1, 0.15) is 5.01 Å². The highest BCUT2D eigenvalue weighted by Crippen LogP contribution is 2.32. The maximum absolute atomic E-state index is 11.0. The van der Waals surface area contributed by atoms with Crippen LogP contribution in [0.15, 0.2) is 29.8 Å². The minimum Gasteiger partial charge on any atom is -0.351 e. The fourth-order valence-electron chi connectivity index (χ4n) is 2.85. The topological polar surface area (TPSA) is 58.1 Å². The molecule has 0 radical (unpaired) electrons. The van der Waals surface area contributed by atoms with Crippen molar-refractivity contribution in [3.63, 3.8) is 0 Å². The Morgan fingerprint density at radius 3 is 3.18 bits per heavy atom. The van der Waals surface area contributed by atoms with Crippen LogP contribution in [-0.2, 0) is 17.9 Å². The molecule has 116 valence electrons. The summed E-state index contributed by atoms with van der Waals surface area (Å²) in [6.07, 6.45) is 4.17. The first-order chi connectivity index (χ1) is 10.7. The molecule has 3 heterocycles. The zero-order valence-corrected chi connectivity index (χ0v) is 13.5. The van der Waals surface area contributed by atoms with E-state index in [0.29, 0.717) is 12.6 Å². The van der Waals surface area contributed by atoms with Crippen LogP contribution in [0.2, 0.25) is 0 Å². The second-order valence-electron chi connectivity index (χ2n) is 5.52. The van der Waals surface area contributed by atoms with E-state index in [-0.39, 0.29) is 5.91 Å². The van der Waals surface area contributed by atoms with Crippen molar-refractivity contribution in [2.45, 2.75) is 38.9 Å². The Morgan fingerprint density at radius 2 is 2.41 bits per heavy atom. The molecule has 2 aromatic heterocycles. The third-order valence-corrected chi connectivity index (χ3v) is 4.64. The molecule has 0 spiro atoms. The Kier molecular flexibility index (Phi) is 4.80. The quantitative estimate of drug-likeness (QED) is 0.921. The summed E-state index contributed by atoms with van der Waals surface area (Å²) < 4.78 is 0. The maximum atomic E-state index is 11.0. The van der Waals surface area contributed by atoms with Gasteiger partial charge in [0.25, 0.3) is 0 Å². The van der Waals surface area contributed by atoms with Crippen LogP contribution in [0.5, 0.6) is 0 Å². The average Bonchev–Trinajstić information content (AvgIpc) is 3.18. The van der Waals surface area contributed by atoms with Crippen LogP contribution >= 0.6 is 11.3 Å². The third-order valence-electron chi connectivity index (χ3n) is 3.87. The molecule has 5 nitrogen and oxygen atoms in total. The van der Waals surface area contributed by atoms with Gasteiger partial charge in [-0.15, -0.1) is 11.3 Å². The lowest BCUT2D eigenvalue weighted by Gasteiger charge is -2.23. The van der Waals surface area contributed by atoms with E-state index in [1.807, 2.05) is 23.7 Å². The van der Waals surface area contributed by atoms with Crippen molar-refractivity contribution in [1.82, 2.24) is 20.2 Å². The molecule has 0 unspecified atom stereocenters. The monoisotopic (exact) mass is 316 g/mol. The molecule has 1 aliphatic heterocycles. The number of hydrogen-bond acceptors (Lipinski definition) is 5. The third kappa shape index (κ3) is 3.69. The van der Waals surface area contributed by atoms with E-state index in [9.17, 15) is 4.79 Å². The number of thiazole rings is 1. The van der Waals surface area contributed by atoms with Gasteiger partial charge in [-0.3, -0.25) is 14.7 Å². The zero-order chi connectivity index (χ0) is 15.4. The highest BCUT2D eigenvalue weighted by atomic mass is 32.1. The van der Waals surface area contributed by atoms with Gasteiger partial charge in [-0.05, 0) is 31.5 Å². The van der Waals surface area contributed by atoms with Crippen LogP contribution in [0.3, 0.4) is 0 Å². The van der Waals surface area contributed by atoms with Crippen molar-refractivity contribution in [3.8, 4) is 0 Å². The predicted molar refractivity (Wildman–Crippen MR) is 86.3 cm³/mol. The van der Waals surface area contributed by atoms with E-state index in [1.54, 1.807) is 11.3 Å². The van der Waals surface area contributed by atoms with Gasteiger partial charge in [0.2, 0.25) is 5.91 Å². The van der Waals surface area contributed by atoms with Gasteiger partial charge < -0.3 is 5.32 Å². The molecule has 0 aromatic carbocycles. The Bertz CT molecular complexity index is 629. The minimum atomic E-state index is -0.0292. The number of pyridine rings is 1. The highest BCUT2D eigenvalue weighted by molar-refractivity contribution is 7.09. The summed E-state index contributed by atoms with van der Waals surface area (Å²) in [4.78, 5) is 22.6.